The van der Waals surface area contributed by atoms with Gasteiger partial charge in [-0.2, -0.15) is 0 Å². The summed E-state index contributed by atoms with van der Waals surface area (Å²) in [5.41, 5.74) is 0.898. The van der Waals surface area contributed by atoms with E-state index in [1.807, 2.05) is 30.3 Å². The Balaban J connectivity index is 0.00000121. The van der Waals surface area contributed by atoms with Crippen LogP contribution in [0.1, 0.15) is 5.56 Å². The minimum Gasteiger partial charge on any atom is -0.478 e. The molecule has 0 radical (unpaired) electrons. The predicted octanol–water partition coefficient (Wildman–Crippen LogP) is 1.78. The van der Waals surface area contributed by atoms with E-state index in [0.29, 0.717) is 0 Å². The third kappa shape index (κ3) is 4.29. The molecule has 0 bridgehead atoms. The molecule has 0 aliphatic carbocycles. The van der Waals surface area contributed by atoms with Crippen LogP contribution in [0.2, 0.25) is 0 Å². The zero-order valence-electron chi connectivity index (χ0n) is 6.60. The molecule has 1 aromatic carbocycles. The molecule has 1 N–H and O–H groups in total. The molecule has 12 heavy (non-hydrogen) atoms. The Labute approximate surface area is 91.4 Å². The molecule has 0 spiro atoms. The zero-order valence-corrected chi connectivity index (χ0v) is 12.1. The van der Waals surface area contributed by atoms with Crippen molar-refractivity contribution in [2.75, 3.05) is 0 Å². The number of carbonyl (C=O) groups is 1. The minimum atomic E-state index is -0.922. The van der Waals surface area contributed by atoms with Gasteiger partial charge in [0.05, 0.1) is 0 Å². The summed E-state index contributed by atoms with van der Waals surface area (Å²) in [7, 11) is 0. The van der Waals surface area contributed by atoms with Gasteiger partial charge in [-0.15, -0.1) is 0 Å². The van der Waals surface area contributed by atoms with Crippen LogP contribution in [0.3, 0.4) is 0 Å². The van der Waals surface area contributed by atoms with Gasteiger partial charge < -0.3 is 5.11 Å². The van der Waals surface area contributed by atoms with Crippen LogP contribution in [0.4, 0.5) is 0 Å². The van der Waals surface area contributed by atoms with Crippen LogP contribution in [0.15, 0.2) is 36.4 Å². The van der Waals surface area contributed by atoms with E-state index < -0.39 is 5.97 Å². The molecule has 1 aromatic rings. The zero-order chi connectivity index (χ0) is 8.10. The van der Waals surface area contributed by atoms with E-state index >= 15 is 0 Å². The molecule has 0 heterocycles. The summed E-state index contributed by atoms with van der Waals surface area (Å²) in [6.07, 6.45) is 2.68. The SMILES string of the molecule is O=C(O)C=Cc1ccccc1.[Hg]. The fourth-order valence-electron chi connectivity index (χ4n) is 0.732. The molecule has 1 rings (SSSR count). The van der Waals surface area contributed by atoms with E-state index in [-0.39, 0.29) is 27.7 Å². The number of rotatable bonds is 2. The van der Waals surface area contributed by atoms with Gasteiger partial charge in [0, 0.05) is 33.7 Å². The first-order chi connectivity index (χ1) is 5.29. The van der Waals surface area contributed by atoms with E-state index in [4.69, 9.17) is 5.11 Å². The van der Waals surface area contributed by atoms with Crippen molar-refractivity contribution in [2.45, 2.75) is 0 Å². The van der Waals surface area contributed by atoms with Crippen molar-refractivity contribution in [3.63, 3.8) is 0 Å². The molecule has 0 unspecified atom stereocenters. The van der Waals surface area contributed by atoms with Crippen molar-refractivity contribution in [1.29, 1.82) is 0 Å². The molecule has 0 saturated carbocycles. The van der Waals surface area contributed by atoms with Gasteiger partial charge in [-0.05, 0) is 11.6 Å². The topological polar surface area (TPSA) is 37.3 Å². The second-order valence-electron chi connectivity index (χ2n) is 2.08. The second kappa shape index (κ2) is 5.95. The number of aliphatic carboxylic acids is 1. The molecule has 0 aromatic heterocycles. The molecule has 0 aliphatic rings. The summed E-state index contributed by atoms with van der Waals surface area (Å²) >= 11 is 0. The van der Waals surface area contributed by atoms with Crippen LogP contribution in [-0.4, -0.2) is 11.1 Å². The Morgan fingerprint density at radius 1 is 1.25 bits per heavy atom. The average molecular weight is 349 g/mol. The van der Waals surface area contributed by atoms with Gasteiger partial charge >= 0.3 is 5.97 Å². The maximum atomic E-state index is 10.1. The number of carboxylic acid groups (broad SMARTS) is 1. The van der Waals surface area contributed by atoms with Gasteiger partial charge in [-0.3, -0.25) is 0 Å². The average Bonchev–Trinajstić information content (AvgIpc) is 2.03. The van der Waals surface area contributed by atoms with Crippen molar-refractivity contribution in [3.8, 4) is 0 Å². The smallest absolute Gasteiger partial charge is 0.328 e. The fourth-order valence-corrected chi connectivity index (χ4v) is 0.732. The summed E-state index contributed by atoms with van der Waals surface area (Å²) in [5.74, 6) is -0.922. The Bertz CT molecular complexity index is 267. The van der Waals surface area contributed by atoms with E-state index in [9.17, 15) is 4.79 Å². The molecule has 0 amide bonds. The summed E-state index contributed by atoms with van der Waals surface area (Å²) in [4.78, 5) is 10.1. The van der Waals surface area contributed by atoms with E-state index in [2.05, 4.69) is 0 Å². The third-order valence-electron chi connectivity index (χ3n) is 1.22. The maximum Gasteiger partial charge on any atom is 0.328 e. The molecule has 0 aliphatic heterocycles. The Kier molecular flexibility index (Phi) is 5.63. The van der Waals surface area contributed by atoms with E-state index in [1.165, 1.54) is 0 Å². The van der Waals surface area contributed by atoms with Crippen molar-refractivity contribution in [2.24, 2.45) is 0 Å². The summed E-state index contributed by atoms with van der Waals surface area (Å²) in [6, 6.07) is 9.31. The van der Waals surface area contributed by atoms with Crippen molar-refractivity contribution in [1.82, 2.24) is 0 Å². The third-order valence-corrected chi connectivity index (χ3v) is 1.22. The van der Waals surface area contributed by atoms with Crippen LogP contribution < -0.4 is 0 Å². The second-order valence-corrected chi connectivity index (χ2v) is 2.08. The fraction of sp³-hybridized carbons (Fsp3) is 0. The normalized spacial score (nSPS) is 9.33. The molecule has 58 valence electrons. The Morgan fingerprint density at radius 3 is 2.33 bits per heavy atom. The maximum absolute atomic E-state index is 10.1. The standard InChI is InChI=1S/C9H8O2.Hg/c10-9(11)7-6-8-4-2-1-3-5-8;/h1-7H,(H,10,11);. The van der Waals surface area contributed by atoms with Gasteiger partial charge in [-0.25, -0.2) is 4.79 Å². The van der Waals surface area contributed by atoms with Gasteiger partial charge in [0.15, 0.2) is 0 Å². The first-order valence-electron chi connectivity index (χ1n) is 3.25. The van der Waals surface area contributed by atoms with Crippen molar-refractivity contribution < 1.29 is 37.6 Å². The molecule has 2 nitrogen and oxygen atoms in total. The van der Waals surface area contributed by atoms with Gasteiger partial charge in [0.1, 0.15) is 0 Å². The van der Waals surface area contributed by atoms with Crippen LogP contribution in [0, 0.1) is 0 Å². The number of hydrogen-bond donors (Lipinski definition) is 1. The Morgan fingerprint density at radius 2 is 1.83 bits per heavy atom. The summed E-state index contributed by atoms with van der Waals surface area (Å²) in [5, 5.41) is 8.29. The first kappa shape index (κ1) is 11.4. The van der Waals surface area contributed by atoms with E-state index in [0.717, 1.165) is 11.6 Å². The van der Waals surface area contributed by atoms with Crippen LogP contribution in [0.25, 0.3) is 6.08 Å². The molecular formula is C9H8HgO2. The number of benzene rings is 1. The molecular weight excluding hydrogens is 341 g/mol. The largest absolute Gasteiger partial charge is 0.478 e. The van der Waals surface area contributed by atoms with Crippen LogP contribution in [-0.2, 0) is 32.5 Å². The number of carboxylic acids is 1. The first-order valence-corrected chi connectivity index (χ1v) is 3.25. The molecule has 0 fully saturated rings. The van der Waals surface area contributed by atoms with Crippen LogP contribution >= 0.6 is 0 Å². The molecule has 0 atom stereocenters. The van der Waals surface area contributed by atoms with Gasteiger partial charge in [-0.1, -0.05) is 30.3 Å². The van der Waals surface area contributed by atoms with Gasteiger partial charge in [0.25, 0.3) is 0 Å². The van der Waals surface area contributed by atoms with Crippen molar-refractivity contribution >= 4 is 12.0 Å². The minimum absolute atomic E-state index is 0. The monoisotopic (exact) mass is 350 g/mol. The van der Waals surface area contributed by atoms with E-state index in [1.54, 1.807) is 6.08 Å². The quantitative estimate of drug-likeness (QED) is 0.653. The Hall–Kier alpha value is -0.635. The molecule has 0 saturated heterocycles. The van der Waals surface area contributed by atoms with Crippen LogP contribution in [0.5, 0.6) is 0 Å². The van der Waals surface area contributed by atoms with Crippen molar-refractivity contribution in [3.05, 3.63) is 42.0 Å². The molecule has 3 heteroatoms. The predicted molar refractivity (Wildman–Crippen MR) is 43.1 cm³/mol. The summed E-state index contributed by atoms with van der Waals surface area (Å²) in [6.45, 7) is 0. The summed E-state index contributed by atoms with van der Waals surface area (Å²) < 4.78 is 0. The number of hydrogen-bond acceptors (Lipinski definition) is 1. The van der Waals surface area contributed by atoms with Gasteiger partial charge in [0.2, 0.25) is 0 Å².